The van der Waals surface area contributed by atoms with Crippen molar-refractivity contribution in [3.8, 4) is 17.2 Å². The van der Waals surface area contributed by atoms with Gasteiger partial charge in [0.25, 0.3) is 0 Å². The van der Waals surface area contributed by atoms with Gasteiger partial charge in [0.1, 0.15) is 72.7 Å². The first-order valence-electron chi connectivity index (χ1n) is 25.4. The Hall–Kier alpha value is -4.77. The number of carbonyl (C=O) groups excluding carboxylic acids is 3. The van der Waals surface area contributed by atoms with Gasteiger partial charge in [-0.2, -0.15) is 0 Å². The minimum atomic E-state index is -0.610. The van der Waals surface area contributed by atoms with Crippen molar-refractivity contribution in [3.63, 3.8) is 0 Å². The molecular weight excluding hydrogens is 1130 g/mol. The molecule has 0 aliphatic heterocycles. The van der Waals surface area contributed by atoms with E-state index in [0.717, 1.165) is 72.3 Å². The summed E-state index contributed by atoms with van der Waals surface area (Å²) in [5.41, 5.74) is 6.12. The number of aliphatic hydroxyl groups is 3. The molecule has 0 aromatic heterocycles. The Kier molecular flexibility index (Phi) is 33.0. The van der Waals surface area contributed by atoms with Crippen LogP contribution in [-0.4, -0.2) is 110 Å². The van der Waals surface area contributed by atoms with E-state index in [9.17, 15) is 29.7 Å². The molecule has 0 bridgehead atoms. The first kappa shape index (κ1) is 68.5. The topological polar surface area (TPSA) is 176 Å². The molecule has 3 atom stereocenters. The van der Waals surface area contributed by atoms with E-state index in [-0.39, 0.29) is 44.6 Å². The highest BCUT2D eigenvalue weighted by Crippen LogP contribution is 2.25. The molecule has 6 aromatic carbocycles. The number of aliphatic hydroxyl groups excluding tert-OH is 3. The number of rotatable bonds is 30. The van der Waals surface area contributed by atoms with Crippen LogP contribution in [0.25, 0.3) is 0 Å². The zero-order valence-electron chi connectivity index (χ0n) is 44.0. The fourth-order valence-corrected chi connectivity index (χ4v) is 8.28. The maximum Gasteiger partial charge on any atom is 0.134 e. The molecule has 0 radical (unpaired) electrons. The predicted octanol–water partition coefficient (Wildman–Crippen LogP) is 11.7. The molecule has 0 aliphatic rings. The van der Waals surface area contributed by atoms with Gasteiger partial charge in [-0.25, -0.2) is 0 Å². The van der Waals surface area contributed by atoms with Crippen LogP contribution >= 0.6 is 69.6 Å². The quantitative estimate of drug-likeness (QED) is 0.0236. The van der Waals surface area contributed by atoms with Gasteiger partial charge in [0.05, 0.1) is 30.1 Å². The minimum Gasteiger partial charge on any atom is -0.491 e. The molecule has 79 heavy (non-hydrogen) atoms. The van der Waals surface area contributed by atoms with E-state index < -0.39 is 18.3 Å². The summed E-state index contributed by atoms with van der Waals surface area (Å²) in [4.78, 5) is 33.2. The standard InChI is InChI=1S/3C20H23Cl2NO3.CH4/c3*1-14(24)10-15-2-5-18(6-3-15)26-13-17(25)12-23-9-8-16-4-7-19(21)20(22)11-16;/h3*2-7,11,17,23,25H,8-10,12-13H2,1H3;1H4/t3*17-;/m000./s1. The fraction of sp³-hybridized carbons (Fsp3) is 0.361. The number of Topliss-reactive ketones (excluding diaryl/α,β-unsaturated/α-hetero) is 3. The Bertz CT molecular complexity index is 2460. The Morgan fingerprint density at radius 1 is 0.380 bits per heavy atom. The molecule has 0 aliphatic carbocycles. The zero-order valence-corrected chi connectivity index (χ0v) is 48.6. The lowest BCUT2D eigenvalue weighted by atomic mass is 10.1. The number of carbonyl (C=O) groups is 3. The SMILES string of the molecule is C.CC(=O)Cc1ccc(OC[C@@H](O)CNCCc2ccc(Cl)c(Cl)c2)cc1.CC(=O)Cc1ccc(OC[C@@H](O)CNCCc2ccc(Cl)c(Cl)c2)cc1.CC(=O)Cc1ccc(OC[C@@H](O)CNCCc2ccc(Cl)c(Cl)c2)cc1. The van der Waals surface area contributed by atoms with Crippen molar-refractivity contribution in [2.24, 2.45) is 0 Å². The molecule has 0 heterocycles. The van der Waals surface area contributed by atoms with E-state index in [4.69, 9.17) is 83.8 Å². The maximum atomic E-state index is 11.1. The summed E-state index contributed by atoms with van der Waals surface area (Å²) in [5.74, 6) is 2.40. The first-order chi connectivity index (χ1) is 37.3. The molecule has 0 amide bonds. The lowest BCUT2D eigenvalue weighted by Gasteiger charge is -2.13. The average molecular weight is 1200 g/mol. The summed E-state index contributed by atoms with van der Waals surface area (Å²) in [6, 6.07) is 38.7. The van der Waals surface area contributed by atoms with Crippen LogP contribution in [-0.2, 0) is 52.9 Å². The monoisotopic (exact) mass is 1200 g/mol. The summed E-state index contributed by atoms with van der Waals surface area (Å²) in [5, 5.41) is 42.8. The van der Waals surface area contributed by atoms with Crippen LogP contribution < -0.4 is 30.2 Å². The molecule has 0 saturated carbocycles. The fourth-order valence-electron chi connectivity index (χ4n) is 7.32. The van der Waals surface area contributed by atoms with Crippen LogP contribution in [0.15, 0.2) is 127 Å². The maximum absolute atomic E-state index is 11.1. The minimum absolute atomic E-state index is 0. The Labute approximate surface area is 496 Å². The highest BCUT2D eigenvalue weighted by molar-refractivity contribution is 6.43. The van der Waals surface area contributed by atoms with Gasteiger partial charge in [-0.1, -0.05) is 132 Å². The van der Waals surface area contributed by atoms with E-state index in [2.05, 4.69) is 16.0 Å². The lowest BCUT2D eigenvalue weighted by molar-refractivity contribution is -0.117. The van der Waals surface area contributed by atoms with Crippen molar-refractivity contribution in [2.75, 3.05) is 59.1 Å². The third-order valence-electron chi connectivity index (χ3n) is 11.3. The van der Waals surface area contributed by atoms with E-state index in [1.165, 1.54) is 0 Å². The van der Waals surface area contributed by atoms with Gasteiger partial charge in [0.2, 0.25) is 0 Å². The van der Waals surface area contributed by atoms with Gasteiger partial charge in [-0.3, -0.25) is 14.4 Å². The average Bonchev–Trinajstić information content (AvgIpc) is 3.40. The van der Waals surface area contributed by atoms with Gasteiger partial charge < -0.3 is 45.5 Å². The number of nitrogens with one attached hydrogen (secondary N) is 3. The molecule has 6 N–H and O–H groups in total. The summed E-state index contributed by atoms with van der Waals surface area (Å²) < 4.78 is 16.7. The predicted molar refractivity (Wildman–Crippen MR) is 323 cm³/mol. The smallest absolute Gasteiger partial charge is 0.134 e. The van der Waals surface area contributed by atoms with Crippen molar-refractivity contribution in [1.29, 1.82) is 0 Å². The van der Waals surface area contributed by atoms with Gasteiger partial charge >= 0.3 is 0 Å². The molecule has 6 rings (SSSR count). The molecule has 0 fully saturated rings. The second kappa shape index (κ2) is 38.0. The largest absolute Gasteiger partial charge is 0.491 e. The first-order valence-corrected chi connectivity index (χ1v) is 27.7. The van der Waals surface area contributed by atoms with Gasteiger partial charge in [-0.15, -0.1) is 0 Å². The van der Waals surface area contributed by atoms with Crippen LogP contribution in [0.3, 0.4) is 0 Å². The van der Waals surface area contributed by atoms with Crippen LogP contribution in [0.4, 0.5) is 0 Å². The number of halogens is 6. The van der Waals surface area contributed by atoms with Crippen molar-refractivity contribution in [2.45, 2.75) is 85.0 Å². The molecule has 12 nitrogen and oxygen atoms in total. The van der Waals surface area contributed by atoms with Gasteiger partial charge in [0.15, 0.2) is 0 Å². The van der Waals surface area contributed by atoms with Crippen molar-refractivity contribution >= 4 is 87.0 Å². The van der Waals surface area contributed by atoms with E-state index in [1.54, 1.807) is 39.0 Å². The third kappa shape index (κ3) is 29.5. The molecule has 0 saturated heterocycles. The summed E-state index contributed by atoms with van der Waals surface area (Å²) >= 11 is 35.6. The summed E-state index contributed by atoms with van der Waals surface area (Å²) in [6.45, 7) is 8.75. The number of ether oxygens (including phenoxy) is 3. The number of hydrogen-bond acceptors (Lipinski definition) is 12. The number of benzene rings is 6. The van der Waals surface area contributed by atoms with Gasteiger partial charge in [0, 0.05) is 38.9 Å². The van der Waals surface area contributed by atoms with Crippen LogP contribution in [0, 0.1) is 0 Å². The number of hydrogen-bond donors (Lipinski definition) is 6. The van der Waals surface area contributed by atoms with Crippen LogP contribution in [0.1, 0.15) is 61.6 Å². The highest BCUT2D eigenvalue weighted by Gasteiger charge is 2.10. The number of ketones is 3. The Balaban J connectivity index is 0.000000309. The molecule has 18 heteroatoms. The molecule has 0 spiro atoms. The molecule has 428 valence electrons. The van der Waals surface area contributed by atoms with E-state index >= 15 is 0 Å². The van der Waals surface area contributed by atoms with E-state index in [0.29, 0.717) is 86.3 Å². The van der Waals surface area contributed by atoms with Gasteiger partial charge in [-0.05, 0) is 166 Å². The van der Waals surface area contributed by atoms with Crippen molar-refractivity contribution in [3.05, 3.63) is 191 Å². The summed E-state index contributed by atoms with van der Waals surface area (Å²) in [6.07, 6.45) is 1.82. The molecule has 0 unspecified atom stereocenters. The van der Waals surface area contributed by atoms with Crippen LogP contribution in [0.2, 0.25) is 30.1 Å². The summed E-state index contributed by atoms with van der Waals surface area (Å²) in [7, 11) is 0. The molecule has 6 aromatic rings. The lowest BCUT2D eigenvalue weighted by Crippen LogP contribution is -2.32. The van der Waals surface area contributed by atoms with Crippen LogP contribution in [0.5, 0.6) is 17.2 Å². The second-order valence-electron chi connectivity index (χ2n) is 18.6. The Morgan fingerprint density at radius 3 is 0.823 bits per heavy atom. The highest BCUT2D eigenvalue weighted by atomic mass is 35.5. The second-order valence-corrected chi connectivity index (χ2v) is 21.0. The third-order valence-corrected chi connectivity index (χ3v) is 13.5. The Morgan fingerprint density at radius 2 is 0.608 bits per heavy atom. The van der Waals surface area contributed by atoms with Crippen molar-refractivity contribution < 1.29 is 43.9 Å². The zero-order chi connectivity index (χ0) is 56.8. The normalized spacial score (nSPS) is 11.8. The van der Waals surface area contributed by atoms with Crippen molar-refractivity contribution in [1.82, 2.24) is 16.0 Å². The molecular formula is C61H73Cl6N3O9. The van der Waals surface area contributed by atoms with E-state index in [1.807, 2.05) is 109 Å².